The third kappa shape index (κ3) is 8.88. The molecule has 11 nitrogen and oxygen atoms in total. The molecule has 0 bridgehead atoms. The Morgan fingerprint density at radius 1 is 0.855 bits per heavy atom. The van der Waals surface area contributed by atoms with Gasteiger partial charge in [-0.2, -0.15) is 31.3 Å². The first-order valence-corrected chi connectivity index (χ1v) is 17.3. The third-order valence-corrected chi connectivity index (χ3v) is 8.90. The van der Waals surface area contributed by atoms with E-state index >= 15 is 0 Å². The molecule has 0 saturated carbocycles. The normalized spacial score (nSPS) is 14.1. The Kier molecular flexibility index (Phi) is 10.5. The summed E-state index contributed by atoms with van der Waals surface area (Å²) in [7, 11) is 0. The number of ether oxygens (including phenoxy) is 2. The van der Waals surface area contributed by atoms with Crippen molar-refractivity contribution in [3.05, 3.63) is 102 Å². The van der Waals surface area contributed by atoms with Crippen LogP contribution in [0.15, 0.2) is 89.7 Å². The van der Waals surface area contributed by atoms with Gasteiger partial charge in [0.2, 0.25) is 11.7 Å². The van der Waals surface area contributed by atoms with E-state index in [1.807, 2.05) is 34.6 Å². The molecular weight excluding hydrogens is 732 g/mol. The fourth-order valence-corrected chi connectivity index (χ4v) is 6.18. The molecule has 1 aliphatic rings. The lowest BCUT2D eigenvalue weighted by atomic mass is 10.1. The molecule has 0 radical (unpaired) electrons. The highest BCUT2D eigenvalue weighted by molar-refractivity contribution is 5.99. The molecule has 3 aromatic heterocycles. The fraction of sp³-hybridized carbons (Fsp3) is 0.289. The van der Waals surface area contributed by atoms with Crippen molar-refractivity contribution in [1.82, 2.24) is 34.5 Å². The number of rotatable bonds is 11. The van der Waals surface area contributed by atoms with Crippen molar-refractivity contribution in [3.8, 4) is 40.4 Å². The van der Waals surface area contributed by atoms with Crippen LogP contribution in [0.1, 0.15) is 35.0 Å². The van der Waals surface area contributed by atoms with Crippen molar-refractivity contribution in [3.63, 3.8) is 0 Å². The van der Waals surface area contributed by atoms with Crippen molar-refractivity contribution in [1.29, 1.82) is 0 Å². The average Bonchev–Trinajstić information content (AvgIpc) is 3.80. The Bertz CT molecular complexity index is 2250. The third-order valence-electron chi connectivity index (χ3n) is 8.90. The minimum absolute atomic E-state index is 0.0255. The number of carbonyl (C=O) groups is 1. The first-order valence-electron chi connectivity index (χ1n) is 17.3. The molecule has 7 rings (SSSR count). The minimum atomic E-state index is -4.46. The van der Waals surface area contributed by atoms with Crippen LogP contribution >= 0.6 is 0 Å². The number of aryl methyl sites for hydroxylation is 1. The summed E-state index contributed by atoms with van der Waals surface area (Å²) in [5.41, 5.74) is 2.10. The van der Waals surface area contributed by atoms with Crippen molar-refractivity contribution in [2.75, 3.05) is 32.8 Å². The Balaban J connectivity index is 0.978. The zero-order chi connectivity index (χ0) is 38.7. The number of nitrogens with zero attached hydrogens (tertiary/aromatic N) is 7. The predicted molar refractivity (Wildman–Crippen MR) is 187 cm³/mol. The summed E-state index contributed by atoms with van der Waals surface area (Å²) < 4.78 is 94.1. The molecule has 6 aromatic rings. The Morgan fingerprint density at radius 2 is 1.58 bits per heavy atom. The lowest BCUT2D eigenvalue weighted by Crippen LogP contribution is -2.48. The molecule has 0 N–H and O–H groups in total. The number of piperazine rings is 1. The Labute approximate surface area is 310 Å². The zero-order valence-electron chi connectivity index (χ0n) is 29.3. The van der Waals surface area contributed by atoms with Crippen molar-refractivity contribution in [2.24, 2.45) is 0 Å². The van der Waals surface area contributed by atoms with Crippen LogP contribution in [0.4, 0.5) is 26.3 Å². The smallest absolute Gasteiger partial charge is 0.422 e. The second-order valence-electron chi connectivity index (χ2n) is 12.9. The molecule has 286 valence electrons. The summed E-state index contributed by atoms with van der Waals surface area (Å²) in [5.74, 6) is 0.845. The molecule has 0 atom stereocenters. The van der Waals surface area contributed by atoms with E-state index in [0.717, 1.165) is 35.0 Å². The first-order chi connectivity index (χ1) is 26.3. The van der Waals surface area contributed by atoms with Gasteiger partial charge in [0.25, 0.3) is 11.8 Å². The quantitative estimate of drug-likeness (QED) is 0.120. The summed E-state index contributed by atoms with van der Waals surface area (Å²) in [4.78, 5) is 30.7. The molecule has 1 amide bonds. The number of amides is 1. The summed E-state index contributed by atoms with van der Waals surface area (Å²) in [6.07, 6.45) is -5.32. The van der Waals surface area contributed by atoms with Crippen molar-refractivity contribution < 1.29 is 45.1 Å². The van der Waals surface area contributed by atoms with Crippen LogP contribution in [0, 0.1) is 0 Å². The standard InChI is InChI=1S/C38H33F6N7O4/c1-2-13-51-31-19-29(54-33-21-45-30(20-46-33)35-47-34(48-55-35)25-5-8-27(9-6-25)38(42,43)44)12-7-26(31)18-32(51)36(52)50-16-14-49(15-17-50)22-24-3-10-28(11-4-24)53-23-37(39,40)41/h3-12,18-21H,2,13-17,22-23H2,1H3. The molecule has 0 aliphatic carbocycles. The van der Waals surface area contributed by atoms with Gasteiger partial charge >= 0.3 is 12.4 Å². The molecule has 55 heavy (non-hydrogen) atoms. The molecule has 1 aliphatic heterocycles. The lowest BCUT2D eigenvalue weighted by molar-refractivity contribution is -0.153. The number of fused-ring (bicyclic) bond motifs is 1. The maximum Gasteiger partial charge on any atom is 0.422 e. The lowest BCUT2D eigenvalue weighted by Gasteiger charge is -2.35. The van der Waals surface area contributed by atoms with E-state index in [1.54, 1.807) is 18.2 Å². The van der Waals surface area contributed by atoms with E-state index < -0.39 is 24.5 Å². The van der Waals surface area contributed by atoms with Gasteiger partial charge in [-0.1, -0.05) is 36.3 Å². The van der Waals surface area contributed by atoms with Crippen molar-refractivity contribution >= 4 is 16.8 Å². The number of halogens is 6. The van der Waals surface area contributed by atoms with Crippen LogP contribution < -0.4 is 9.47 Å². The van der Waals surface area contributed by atoms with E-state index in [4.69, 9.17) is 14.0 Å². The van der Waals surface area contributed by atoms with Crippen LogP contribution in [0.3, 0.4) is 0 Å². The minimum Gasteiger partial charge on any atom is -0.484 e. The molecule has 3 aromatic carbocycles. The number of aromatic nitrogens is 5. The number of hydrogen-bond donors (Lipinski definition) is 0. The molecular formula is C38H33F6N7O4. The van der Waals surface area contributed by atoms with Gasteiger partial charge in [0.15, 0.2) is 6.61 Å². The highest BCUT2D eigenvalue weighted by Gasteiger charge is 2.31. The van der Waals surface area contributed by atoms with Gasteiger partial charge in [-0.15, -0.1) is 0 Å². The van der Waals surface area contributed by atoms with Gasteiger partial charge in [0, 0.05) is 56.3 Å². The van der Waals surface area contributed by atoms with Gasteiger partial charge in [-0.3, -0.25) is 9.69 Å². The maximum atomic E-state index is 13.8. The molecule has 1 saturated heterocycles. The molecule has 1 fully saturated rings. The van der Waals surface area contributed by atoms with E-state index in [1.165, 1.54) is 36.7 Å². The predicted octanol–water partition coefficient (Wildman–Crippen LogP) is 8.27. The van der Waals surface area contributed by atoms with Crippen LogP contribution in [-0.2, 0) is 19.3 Å². The SMILES string of the molecule is CCCn1c(C(=O)N2CCN(Cc3ccc(OCC(F)(F)F)cc3)CC2)cc2ccc(Oc3cnc(-c4nc(-c5ccc(C(F)(F)F)cc5)no4)cn3)cc21. The summed E-state index contributed by atoms with van der Waals surface area (Å²) in [5, 5.41) is 4.71. The molecule has 0 spiro atoms. The van der Waals surface area contributed by atoms with Crippen LogP contribution in [0.5, 0.6) is 17.4 Å². The number of hydrogen-bond acceptors (Lipinski definition) is 9. The van der Waals surface area contributed by atoms with Gasteiger partial charge in [-0.05, 0) is 54.4 Å². The van der Waals surface area contributed by atoms with Gasteiger partial charge < -0.3 is 23.5 Å². The first kappa shape index (κ1) is 37.3. The molecule has 17 heteroatoms. The van der Waals surface area contributed by atoms with Gasteiger partial charge in [0.1, 0.15) is 22.9 Å². The van der Waals surface area contributed by atoms with E-state index in [9.17, 15) is 31.1 Å². The Morgan fingerprint density at radius 3 is 2.24 bits per heavy atom. The van der Waals surface area contributed by atoms with E-state index in [2.05, 4.69) is 25.0 Å². The molecule has 4 heterocycles. The van der Waals surface area contributed by atoms with Gasteiger partial charge in [0.05, 0.1) is 23.5 Å². The average molecular weight is 766 g/mol. The highest BCUT2D eigenvalue weighted by atomic mass is 19.4. The number of carbonyl (C=O) groups excluding carboxylic acids is 1. The largest absolute Gasteiger partial charge is 0.484 e. The number of alkyl halides is 6. The van der Waals surface area contributed by atoms with Crippen LogP contribution in [-0.4, -0.2) is 79.3 Å². The Hall–Kier alpha value is -5.97. The fourth-order valence-electron chi connectivity index (χ4n) is 6.18. The van der Waals surface area contributed by atoms with Gasteiger partial charge in [-0.25, -0.2) is 9.97 Å². The molecule has 0 unspecified atom stereocenters. The summed E-state index contributed by atoms with van der Waals surface area (Å²) >= 11 is 0. The van der Waals surface area contributed by atoms with E-state index in [-0.39, 0.29) is 34.9 Å². The van der Waals surface area contributed by atoms with Crippen molar-refractivity contribution in [2.45, 2.75) is 38.8 Å². The van der Waals surface area contributed by atoms with E-state index in [0.29, 0.717) is 56.3 Å². The summed E-state index contributed by atoms with van der Waals surface area (Å²) in [6.45, 7) is 4.19. The van der Waals surface area contributed by atoms with Crippen LogP contribution in [0.25, 0.3) is 33.9 Å². The zero-order valence-corrected chi connectivity index (χ0v) is 29.3. The highest BCUT2D eigenvalue weighted by Crippen LogP contribution is 2.32. The number of benzene rings is 3. The maximum absolute atomic E-state index is 13.8. The summed E-state index contributed by atoms with van der Waals surface area (Å²) in [6, 6.07) is 18.3. The topological polar surface area (TPSA) is 112 Å². The monoisotopic (exact) mass is 765 g/mol. The second-order valence-corrected chi connectivity index (χ2v) is 12.9. The second kappa shape index (κ2) is 15.4. The van der Waals surface area contributed by atoms with Crippen LogP contribution in [0.2, 0.25) is 0 Å².